The highest BCUT2D eigenvalue weighted by Gasteiger charge is 2.14. The van der Waals surface area contributed by atoms with Crippen LogP contribution in [0.25, 0.3) is 0 Å². The molecule has 0 radical (unpaired) electrons. The highest BCUT2D eigenvalue weighted by molar-refractivity contribution is 5.77. The molecule has 2 N–H and O–H groups in total. The number of rotatable bonds is 8. The first kappa shape index (κ1) is 16.3. The van der Waals surface area contributed by atoms with Gasteiger partial charge >= 0.3 is 0 Å². The maximum Gasteiger partial charge on any atom is 0.260 e. The van der Waals surface area contributed by atoms with Gasteiger partial charge in [0.05, 0.1) is 6.61 Å². The Labute approximate surface area is 120 Å². The third kappa shape index (κ3) is 4.42. The summed E-state index contributed by atoms with van der Waals surface area (Å²) in [6.45, 7) is 5.57. The van der Waals surface area contributed by atoms with E-state index in [0.717, 1.165) is 5.56 Å². The zero-order valence-electron chi connectivity index (χ0n) is 12.5. The zero-order valence-corrected chi connectivity index (χ0v) is 12.5. The molecule has 1 amide bonds. The second-order valence-corrected chi connectivity index (χ2v) is 4.41. The van der Waals surface area contributed by atoms with Gasteiger partial charge in [0.15, 0.2) is 18.1 Å². The van der Waals surface area contributed by atoms with E-state index in [2.05, 4.69) is 0 Å². The van der Waals surface area contributed by atoms with E-state index >= 15 is 0 Å². The Morgan fingerprint density at radius 2 is 2.05 bits per heavy atom. The molecule has 0 saturated carbocycles. The zero-order chi connectivity index (χ0) is 15.0. The van der Waals surface area contributed by atoms with Crippen LogP contribution in [0, 0.1) is 0 Å². The number of carbonyl (C=O) groups excluding carboxylic acids is 1. The number of hydrogen-bond acceptors (Lipinski definition) is 4. The lowest BCUT2D eigenvalue weighted by Crippen LogP contribution is -2.31. The van der Waals surface area contributed by atoms with Gasteiger partial charge in [-0.15, -0.1) is 0 Å². The molecule has 0 aliphatic rings. The smallest absolute Gasteiger partial charge is 0.260 e. The molecule has 0 heterocycles. The molecule has 1 rings (SSSR count). The molecule has 0 aliphatic heterocycles. The Balaban J connectivity index is 2.86. The minimum absolute atomic E-state index is 0.00595. The van der Waals surface area contributed by atoms with Gasteiger partial charge in [-0.25, -0.2) is 0 Å². The molecule has 112 valence electrons. The van der Waals surface area contributed by atoms with Crippen molar-refractivity contribution >= 4 is 5.91 Å². The molecule has 0 saturated heterocycles. The van der Waals surface area contributed by atoms with E-state index in [4.69, 9.17) is 15.2 Å². The lowest BCUT2D eigenvalue weighted by Gasteiger charge is -2.18. The predicted molar refractivity (Wildman–Crippen MR) is 79.2 cm³/mol. The fourth-order valence-corrected chi connectivity index (χ4v) is 1.77. The number of carbonyl (C=O) groups is 1. The molecular formula is C15H24N2O3. The van der Waals surface area contributed by atoms with Gasteiger partial charge in [-0.3, -0.25) is 4.79 Å². The third-order valence-corrected chi connectivity index (χ3v) is 3.01. The van der Waals surface area contributed by atoms with Gasteiger partial charge in [-0.1, -0.05) is 12.1 Å². The SMILES string of the molecule is CCOc1cccc(CCN)c1OCC(=O)N(C)CC. The van der Waals surface area contributed by atoms with Crippen LogP contribution in [-0.2, 0) is 11.2 Å². The summed E-state index contributed by atoms with van der Waals surface area (Å²) >= 11 is 0. The summed E-state index contributed by atoms with van der Waals surface area (Å²) in [4.78, 5) is 13.4. The molecule has 0 atom stereocenters. The van der Waals surface area contributed by atoms with Crippen LogP contribution in [-0.4, -0.2) is 44.2 Å². The van der Waals surface area contributed by atoms with Crippen molar-refractivity contribution in [1.29, 1.82) is 0 Å². The molecule has 0 aliphatic carbocycles. The van der Waals surface area contributed by atoms with E-state index in [-0.39, 0.29) is 12.5 Å². The first-order chi connectivity index (χ1) is 9.63. The van der Waals surface area contributed by atoms with Crippen molar-refractivity contribution in [1.82, 2.24) is 4.90 Å². The minimum atomic E-state index is -0.0579. The molecule has 5 heteroatoms. The van der Waals surface area contributed by atoms with E-state index in [1.165, 1.54) is 0 Å². The molecule has 0 spiro atoms. The topological polar surface area (TPSA) is 64.8 Å². The number of ether oxygens (including phenoxy) is 2. The van der Waals surface area contributed by atoms with Crippen LogP contribution in [0.15, 0.2) is 18.2 Å². The van der Waals surface area contributed by atoms with E-state index in [9.17, 15) is 4.79 Å². The second kappa shape index (κ2) is 8.43. The van der Waals surface area contributed by atoms with Crippen LogP contribution in [0.3, 0.4) is 0 Å². The minimum Gasteiger partial charge on any atom is -0.490 e. The van der Waals surface area contributed by atoms with Crippen molar-refractivity contribution < 1.29 is 14.3 Å². The summed E-state index contributed by atoms with van der Waals surface area (Å²) in [5.74, 6) is 1.22. The fourth-order valence-electron chi connectivity index (χ4n) is 1.77. The summed E-state index contributed by atoms with van der Waals surface area (Å²) in [6.07, 6.45) is 0.689. The second-order valence-electron chi connectivity index (χ2n) is 4.41. The predicted octanol–water partition coefficient (Wildman–Crippen LogP) is 1.44. The van der Waals surface area contributed by atoms with Crippen molar-refractivity contribution in [2.45, 2.75) is 20.3 Å². The maximum absolute atomic E-state index is 11.8. The molecule has 20 heavy (non-hydrogen) atoms. The molecule has 0 fully saturated rings. The summed E-state index contributed by atoms with van der Waals surface area (Å²) in [7, 11) is 1.75. The van der Waals surface area contributed by atoms with Crippen LogP contribution < -0.4 is 15.2 Å². The summed E-state index contributed by atoms with van der Waals surface area (Å²) in [5, 5.41) is 0. The third-order valence-electron chi connectivity index (χ3n) is 3.01. The van der Waals surface area contributed by atoms with Gasteiger partial charge in [-0.05, 0) is 38.4 Å². The van der Waals surface area contributed by atoms with E-state index in [1.54, 1.807) is 11.9 Å². The molecule has 0 unspecified atom stereocenters. The Kier molecular flexibility index (Phi) is 6.87. The molecule has 0 bridgehead atoms. The van der Waals surface area contributed by atoms with E-state index < -0.39 is 0 Å². The summed E-state index contributed by atoms with van der Waals surface area (Å²) in [5.41, 5.74) is 6.57. The number of amides is 1. The highest BCUT2D eigenvalue weighted by atomic mass is 16.5. The Morgan fingerprint density at radius 1 is 1.30 bits per heavy atom. The quantitative estimate of drug-likeness (QED) is 0.782. The number of benzene rings is 1. The number of para-hydroxylation sites is 1. The fraction of sp³-hybridized carbons (Fsp3) is 0.533. The van der Waals surface area contributed by atoms with Crippen molar-refractivity contribution in [2.75, 3.05) is 33.4 Å². The van der Waals surface area contributed by atoms with Gasteiger partial charge in [-0.2, -0.15) is 0 Å². The first-order valence-corrected chi connectivity index (χ1v) is 6.95. The first-order valence-electron chi connectivity index (χ1n) is 6.95. The van der Waals surface area contributed by atoms with Crippen LogP contribution >= 0.6 is 0 Å². The van der Waals surface area contributed by atoms with Gasteiger partial charge in [0.2, 0.25) is 0 Å². The summed E-state index contributed by atoms with van der Waals surface area (Å²) < 4.78 is 11.2. The monoisotopic (exact) mass is 280 g/mol. The number of nitrogens with two attached hydrogens (primary N) is 1. The normalized spacial score (nSPS) is 10.2. The molecular weight excluding hydrogens is 256 g/mol. The van der Waals surface area contributed by atoms with Gasteiger partial charge in [0, 0.05) is 13.6 Å². The molecule has 1 aromatic carbocycles. The van der Waals surface area contributed by atoms with Gasteiger partial charge < -0.3 is 20.1 Å². The molecule has 0 aromatic heterocycles. The average Bonchev–Trinajstić information content (AvgIpc) is 2.46. The molecule has 1 aromatic rings. The van der Waals surface area contributed by atoms with E-state index in [0.29, 0.717) is 37.6 Å². The Hall–Kier alpha value is -1.75. The highest BCUT2D eigenvalue weighted by Crippen LogP contribution is 2.31. The van der Waals surface area contributed by atoms with Crippen molar-refractivity contribution in [3.05, 3.63) is 23.8 Å². The standard InChI is InChI=1S/C15H24N2O3/c1-4-17(3)14(18)11-20-15-12(9-10-16)7-6-8-13(15)19-5-2/h6-8H,4-5,9-11,16H2,1-3H3. The van der Waals surface area contributed by atoms with Crippen LogP contribution in [0.1, 0.15) is 19.4 Å². The van der Waals surface area contributed by atoms with Gasteiger partial charge in [0.1, 0.15) is 0 Å². The summed E-state index contributed by atoms with van der Waals surface area (Å²) in [6, 6.07) is 5.69. The molecule has 5 nitrogen and oxygen atoms in total. The van der Waals surface area contributed by atoms with Gasteiger partial charge in [0.25, 0.3) is 5.91 Å². The van der Waals surface area contributed by atoms with Crippen molar-refractivity contribution in [3.8, 4) is 11.5 Å². The Morgan fingerprint density at radius 3 is 2.65 bits per heavy atom. The van der Waals surface area contributed by atoms with Crippen LogP contribution in [0.2, 0.25) is 0 Å². The number of nitrogens with zero attached hydrogens (tertiary/aromatic N) is 1. The lowest BCUT2D eigenvalue weighted by molar-refractivity contribution is -0.131. The van der Waals surface area contributed by atoms with Crippen molar-refractivity contribution in [3.63, 3.8) is 0 Å². The number of likely N-dealkylation sites (N-methyl/N-ethyl adjacent to an activating group) is 1. The van der Waals surface area contributed by atoms with E-state index in [1.807, 2.05) is 32.0 Å². The lowest BCUT2D eigenvalue weighted by atomic mass is 10.1. The largest absolute Gasteiger partial charge is 0.490 e. The van der Waals surface area contributed by atoms with Crippen LogP contribution in [0.5, 0.6) is 11.5 Å². The number of hydrogen-bond donors (Lipinski definition) is 1. The van der Waals surface area contributed by atoms with Crippen molar-refractivity contribution in [2.24, 2.45) is 5.73 Å². The Bertz CT molecular complexity index is 411. The maximum atomic E-state index is 11.8. The average molecular weight is 280 g/mol. The van der Waals surface area contributed by atoms with Crippen LogP contribution in [0.4, 0.5) is 0 Å².